The number of hydrogen-bond acceptors (Lipinski definition) is 3. The summed E-state index contributed by atoms with van der Waals surface area (Å²) >= 11 is 0. The Labute approximate surface area is 176 Å². The van der Waals surface area contributed by atoms with Crippen LogP contribution in [-0.2, 0) is 0 Å². The van der Waals surface area contributed by atoms with Gasteiger partial charge in [-0.05, 0) is 62.1 Å². The Morgan fingerprint density at radius 1 is 1.00 bits per heavy atom. The Morgan fingerprint density at radius 2 is 1.67 bits per heavy atom. The number of carbonyl (C=O) groups excluding carboxylic acids is 2. The van der Waals surface area contributed by atoms with E-state index in [0.29, 0.717) is 18.7 Å². The molecular formula is C24H26N4O2. The van der Waals surface area contributed by atoms with E-state index < -0.39 is 0 Å². The fourth-order valence-corrected chi connectivity index (χ4v) is 4.03. The quantitative estimate of drug-likeness (QED) is 0.726. The van der Waals surface area contributed by atoms with Crippen molar-refractivity contribution in [2.75, 3.05) is 13.1 Å². The number of benzene rings is 2. The van der Waals surface area contributed by atoms with Crippen LogP contribution in [0.3, 0.4) is 0 Å². The second kappa shape index (κ2) is 8.53. The second-order valence-electron chi connectivity index (χ2n) is 7.82. The van der Waals surface area contributed by atoms with E-state index in [1.165, 1.54) is 0 Å². The molecule has 0 saturated carbocycles. The molecule has 30 heavy (non-hydrogen) atoms. The van der Waals surface area contributed by atoms with Crippen LogP contribution in [0.4, 0.5) is 0 Å². The summed E-state index contributed by atoms with van der Waals surface area (Å²) in [6.07, 6.45) is 6.84. The number of piperidine rings is 1. The van der Waals surface area contributed by atoms with Gasteiger partial charge in [0.05, 0.1) is 6.33 Å². The molecule has 2 amide bonds. The lowest BCUT2D eigenvalue weighted by molar-refractivity contribution is 0.0698. The lowest BCUT2D eigenvalue weighted by Crippen LogP contribution is -2.46. The molecule has 1 aromatic heterocycles. The Kier molecular flexibility index (Phi) is 5.65. The van der Waals surface area contributed by atoms with Gasteiger partial charge in [-0.25, -0.2) is 4.98 Å². The summed E-state index contributed by atoms with van der Waals surface area (Å²) in [6, 6.07) is 13.5. The summed E-state index contributed by atoms with van der Waals surface area (Å²) in [4.78, 5) is 31.5. The van der Waals surface area contributed by atoms with Crippen molar-refractivity contribution in [3.63, 3.8) is 0 Å². The van der Waals surface area contributed by atoms with Gasteiger partial charge < -0.3 is 14.8 Å². The molecule has 6 heteroatoms. The van der Waals surface area contributed by atoms with Crippen LogP contribution in [0.5, 0.6) is 0 Å². The number of nitrogens with zero attached hydrogens (tertiary/aromatic N) is 3. The van der Waals surface area contributed by atoms with Crippen LogP contribution >= 0.6 is 0 Å². The molecule has 6 nitrogen and oxygen atoms in total. The molecule has 1 N–H and O–H groups in total. The molecule has 154 valence electrons. The maximum atomic E-state index is 12.9. The Bertz CT molecular complexity index is 1010. The third-order valence-electron chi connectivity index (χ3n) is 5.74. The number of aromatic nitrogens is 2. The van der Waals surface area contributed by atoms with Crippen molar-refractivity contribution in [3.05, 3.63) is 83.4 Å². The average Bonchev–Trinajstić information content (AvgIpc) is 3.29. The zero-order valence-corrected chi connectivity index (χ0v) is 17.3. The molecule has 1 fully saturated rings. The Hall–Kier alpha value is -3.41. The largest absolute Gasteiger partial charge is 0.349 e. The smallest absolute Gasteiger partial charge is 0.253 e. The molecule has 3 aromatic rings. The van der Waals surface area contributed by atoms with Crippen LogP contribution in [0.25, 0.3) is 5.69 Å². The normalized spacial score (nSPS) is 14.5. The predicted octanol–water partition coefficient (Wildman–Crippen LogP) is 3.52. The molecule has 2 heterocycles. The van der Waals surface area contributed by atoms with Gasteiger partial charge in [-0.1, -0.05) is 18.2 Å². The molecule has 0 atom stereocenters. The first-order valence-electron chi connectivity index (χ1n) is 10.3. The van der Waals surface area contributed by atoms with Crippen molar-refractivity contribution < 1.29 is 9.59 Å². The fraction of sp³-hybridized carbons (Fsp3) is 0.292. The van der Waals surface area contributed by atoms with E-state index in [1.54, 1.807) is 12.5 Å². The number of rotatable bonds is 4. The molecule has 1 aliphatic heterocycles. The summed E-state index contributed by atoms with van der Waals surface area (Å²) in [5.74, 6) is 0.0113. The first kappa shape index (κ1) is 19.9. The van der Waals surface area contributed by atoms with Crippen molar-refractivity contribution >= 4 is 11.8 Å². The molecule has 0 radical (unpaired) electrons. The molecule has 1 aliphatic rings. The third-order valence-corrected chi connectivity index (χ3v) is 5.74. The molecule has 0 spiro atoms. The van der Waals surface area contributed by atoms with E-state index in [-0.39, 0.29) is 17.9 Å². The first-order valence-corrected chi connectivity index (χ1v) is 10.3. The molecule has 1 saturated heterocycles. The minimum absolute atomic E-state index is 0.0227. The van der Waals surface area contributed by atoms with Gasteiger partial charge in [0.1, 0.15) is 0 Å². The highest BCUT2D eigenvalue weighted by atomic mass is 16.2. The highest BCUT2D eigenvalue weighted by molar-refractivity contribution is 5.97. The van der Waals surface area contributed by atoms with Crippen LogP contribution < -0.4 is 5.32 Å². The zero-order chi connectivity index (χ0) is 21.1. The Morgan fingerprint density at radius 3 is 2.27 bits per heavy atom. The topological polar surface area (TPSA) is 67.2 Å². The SMILES string of the molecule is Cc1cccc(C)c1C(=O)NC1CCN(C(=O)c2ccc(-n3ccnc3)cc2)CC1. The minimum Gasteiger partial charge on any atom is -0.349 e. The van der Waals surface area contributed by atoms with Gasteiger partial charge in [0, 0.05) is 48.3 Å². The van der Waals surface area contributed by atoms with Crippen molar-refractivity contribution in [3.8, 4) is 5.69 Å². The second-order valence-corrected chi connectivity index (χ2v) is 7.82. The number of hydrogen-bond donors (Lipinski definition) is 1. The van der Waals surface area contributed by atoms with Gasteiger partial charge in [0.2, 0.25) is 0 Å². The maximum absolute atomic E-state index is 12.9. The minimum atomic E-state index is -0.0227. The molecule has 0 bridgehead atoms. The zero-order valence-electron chi connectivity index (χ0n) is 17.3. The monoisotopic (exact) mass is 402 g/mol. The van der Waals surface area contributed by atoms with Crippen LogP contribution in [0.2, 0.25) is 0 Å². The van der Waals surface area contributed by atoms with Crippen molar-refractivity contribution in [2.45, 2.75) is 32.7 Å². The van der Waals surface area contributed by atoms with Crippen LogP contribution in [0.15, 0.2) is 61.2 Å². The molecular weight excluding hydrogens is 376 g/mol. The molecule has 0 unspecified atom stereocenters. The van der Waals surface area contributed by atoms with Gasteiger partial charge in [-0.3, -0.25) is 9.59 Å². The highest BCUT2D eigenvalue weighted by Crippen LogP contribution is 2.18. The Balaban J connectivity index is 1.34. The number of imidazole rings is 1. The number of amides is 2. The molecule has 4 rings (SSSR count). The summed E-state index contributed by atoms with van der Waals surface area (Å²) in [5.41, 5.74) is 4.38. The van der Waals surface area contributed by atoms with Crippen molar-refractivity contribution in [1.29, 1.82) is 0 Å². The lowest BCUT2D eigenvalue weighted by atomic mass is 10.00. The average molecular weight is 402 g/mol. The molecule has 0 aliphatic carbocycles. The van der Waals surface area contributed by atoms with E-state index in [2.05, 4.69) is 10.3 Å². The summed E-state index contributed by atoms with van der Waals surface area (Å²) in [6.45, 7) is 5.20. The van der Waals surface area contributed by atoms with E-state index in [4.69, 9.17) is 0 Å². The predicted molar refractivity (Wildman–Crippen MR) is 116 cm³/mol. The van der Waals surface area contributed by atoms with Gasteiger partial charge in [0.15, 0.2) is 0 Å². The fourth-order valence-electron chi connectivity index (χ4n) is 4.03. The number of carbonyl (C=O) groups is 2. The van der Waals surface area contributed by atoms with Crippen molar-refractivity contribution in [1.82, 2.24) is 19.8 Å². The van der Waals surface area contributed by atoms with Gasteiger partial charge >= 0.3 is 0 Å². The number of aryl methyl sites for hydroxylation is 2. The standard InChI is InChI=1S/C24H26N4O2/c1-17-4-3-5-18(2)22(17)23(29)26-20-10-13-27(14-11-20)24(30)19-6-8-21(9-7-19)28-15-12-25-16-28/h3-9,12,15-16,20H,10-11,13-14H2,1-2H3,(H,26,29). The van der Waals surface area contributed by atoms with Crippen LogP contribution in [-0.4, -0.2) is 45.4 Å². The van der Waals surface area contributed by atoms with E-state index in [0.717, 1.165) is 35.2 Å². The number of nitrogens with one attached hydrogen (secondary N) is 1. The van der Waals surface area contributed by atoms with E-state index in [9.17, 15) is 9.59 Å². The van der Waals surface area contributed by atoms with Crippen molar-refractivity contribution in [2.24, 2.45) is 0 Å². The number of likely N-dealkylation sites (tertiary alicyclic amines) is 1. The van der Waals surface area contributed by atoms with Gasteiger partial charge in [0.25, 0.3) is 11.8 Å². The third kappa shape index (κ3) is 4.13. The van der Waals surface area contributed by atoms with Gasteiger partial charge in [-0.2, -0.15) is 0 Å². The highest BCUT2D eigenvalue weighted by Gasteiger charge is 2.25. The first-order chi connectivity index (χ1) is 14.5. The van der Waals surface area contributed by atoms with Crippen LogP contribution in [0, 0.1) is 13.8 Å². The van der Waals surface area contributed by atoms with Crippen LogP contribution in [0.1, 0.15) is 44.7 Å². The maximum Gasteiger partial charge on any atom is 0.253 e. The lowest BCUT2D eigenvalue weighted by Gasteiger charge is -2.32. The summed E-state index contributed by atoms with van der Waals surface area (Å²) in [7, 11) is 0. The molecule has 2 aromatic carbocycles. The van der Waals surface area contributed by atoms with E-state index >= 15 is 0 Å². The summed E-state index contributed by atoms with van der Waals surface area (Å²) < 4.78 is 1.90. The van der Waals surface area contributed by atoms with E-state index in [1.807, 2.05) is 72.0 Å². The summed E-state index contributed by atoms with van der Waals surface area (Å²) in [5, 5.41) is 3.15. The van der Waals surface area contributed by atoms with Gasteiger partial charge in [-0.15, -0.1) is 0 Å².